The zero-order valence-electron chi connectivity index (χ0n) is 14.1. The standard InChI is InChI=1S/C22H22FP/c1-22(2,23)19-15-13-18(14-16-19)17-24(20-9-5-3-6-10-20)21-11-7-4-8-12-21/h3-16H,17H2,1-2H3. The van der Waals surface area contributed by atoms with Crippen LogP contribution in [0.5, 0.6) is 0 Å². The highest BCUT2D eigenvalue weighted by molar-refractivity contribution is 7.72. The largest absolute Gasteiger partial charge is 0.239 e. The van der Waals surface area contributed by atoms with E-state index in [4.69, 9.17) is 0 Å². The third-order valence-corrected chi connectivity index (χ3v) is 6.64. The van der Waals surface area contributed by atoms with E-state index >= 15 is 0 Å². The molecule has 122 valence electrons. The van der Waals surface area contributed by atoms with Crippen molar-refractivity contribution in [3.8, 4) is 0 Å². The van der Waals surface area contributed by atoms with Gasteiger partial charge in [0, 0.05) is 6.16 Å². The summed E-state index contributed by atoms with van der Waals surface area (Å²) in [4.78, 5) is 0. The highest BCUT2D eigenvalue weighted by Crippen LogP contribution is 2.38. The molecule has 0 saturated heterocycles. The van der Waals surface area contributed by atoms with Gasteiger partial charge in [0.05, 0.1) is 0 Å². The van der Waals surface area contributed by atoms with Crippen molar-refractivity contribution in [1.82, 2.24) is 0 Å². The highest BCUT2D eigenvalue weighted by atomic mass is 31.1. The van der Waals surface area contributed by atoms with Crippen LogP contribution in [-0.2, 0) is 11.8 Å². The Morgan fingerprint density at radius 1 is 0.708 bits per heavy atom. The molecule has 3 rings (SSSR count). The first-order valence-corrected chi connectivity index (χ1v) is 9.73. The second-order valence-electron chi connectivity index (χ2n) is 6.43. The van der Waals surface area contributed by atoms with Gasteiger partial charge in [-0.25, -0.2) is 4.39 Å². The summed E-state index contributed by atoms with van der Waals surface area (Å²) in [7, 11) is -0.459. The Bertz CT molecular complexity index is 719. The van der Waals surface area contributed by atoms with Crippen LogP contribution in [0.25, 0.3) is 0 Å². The summed E-state index contributed by atoms with van der Waals surface area (Å²) in [6.07, 6.45) is 0.969. The van der Waals surface area contributed by atoms with E-state index in [-0.39, 0.29) is 0 Å². The van der Waals surface area contributed by atoms with E-state index in [1.54, 1.807) is 13.8 Å². The third-order valence-electron chi connectivity index (χ3n) is 4.12. The minimum atomic E-state index is -1.29. The molecule has 0 nitrogen and oxygen atoms in total. The van der Waals surface area contributed by atoms with Gasteiger partial charge in [0.2, 0.25) is 0 Å². The SMILES string of the molecule is CC(C)(F)c1ccc(CP(c2ccccc2)c2ccccc2)cc1. The number of benzene rings is 3. The summed E-state index contributed by atoms with van der Waals surface area (Å²) in [6, 6.07) is 29.3. The summed E-state index contributed by atoms with van der Waals surface area (Å²) < 4.78 is 14.0. The lowest BCUT2D eigenvalue weighted by Crippen LogP contribution is -2.13. The van der Waals surface area contributed by atoms with Crippen LogP contribution in [0.15, 0.2) is 84.9 Å². The average Bonchev–Trinajstić information content (AvgIpc) is 2.61. The fourth-order valence-corrected chi connectivity index (χ4v) is 5.04. The molecule has 0 radical (unpaired) electrons. The van der Waals surface area contributed by atoms with Crippen LogP contribution in [0, 0.1) is 0 Å². The minimum absolute atomic E-state index is 0.459. The molecule has 0 N–H and O–H groups in total. The Morgan fingerprint density at radius 2 is 1.17 bits per heavy atom. The molecule has 0 spiro atoms. The van der Waals surface area contributed by atoms with Gasteiger partial charge in [-0.2, -0.15) is 0 Å². The van der Waals surface area contributed by atoms with Crippen molar-refractivity contribution in [2.24, 2.45) is 0 Å². The van der Waals surface area contributed by atoms with E-state index in [9.17, 15) is 4.39 Å². The van der Waals surface area contributed by atoms with Crippen LogP contribution < -0.4 is 10.6 Å². The van der Waals surface area contributed by atoms with Gasteiger partial charge in [0.25, 0.3) is 0 Å². The van der Waals surface area contributed by atoms with Gasteiger partial charge in [-0.3, -0.25) is 0 Å². The summed E-state index contributed by atoms with van der Waals surface area (Å²) >= 11 is 0. The average molecular weight is 336 g/mol. The molecule has 0 aliphatic rings. The fraction of sp³-hybridized carbons (Fsp3) is 0.182. The predicted octanol–water partition coefficient (Wildman–Crippen LogP) is 5.52. The zero-order valence-corrected chi connectivity index (χ0v) is 15.0. The van der Waals surface area contributed by atoms with Crippen LogP contribution >= 0.6 is 7.92 Å². The van der Waals surface area contributed by atoms with Crippen LogP contribution in [-0.4, -0.2) is 0 Å². The fourth-order valence-electron chi connectivity index (χ4n) is 2.74. The second-order valence-corrected chi connectivity index (χ2v) is 8.63. The number of hydrogen-bond acceptors (Lipinski definition) is 0. The summed E-state index contributed by atoms with van der Waals surface area (Å²) in [6.45, 7) is 3.20. The maximum absolute atomic E-state index is 14.0. The Hall–Kier alpha value is -1.98. The Morgan fingerprint density at radius 3 is 1.58 bits per heavy atom. The molecule has 0 aliphatic heterocycles. The van der Waals surface area contributed by atoms with Gasteiger partial charge in [0.15, 0.2) is 0 Å². The van der Waals surface area contributed by atoms with Crippen molar-refractivity contribution in [2.45, 2.75) is 25.7 Å². The quantitative estimate of drug-likeness (QED) is 0.538. The molecule has 0 atom stereocenters. The van der Waals surface area contributed by atoms with E-state index < -0.39 is 13.6 Å². The molecule has 0 amide bonds. The van der Waals surface area contributed by atoms with E-state index in [0.717, 1.165) is 11.7 Å². The van der Waals surface area contributed by atoms with Crippen molar-refractivity contribution in [3.05, 3.63) is 96.1 Å². The molecule has 0 heterocycles. The topological polar surface area (TPSA) is 0 Å². The molecule has 24 heavy (non-hydrogen) atoms. The van der Waals surface area contributed by atoms with E-state index in [0.29, 0.717) is 0 Å². The summed E-state index contributed by atoms with van der Waals surface area (Å²) in [5, 5.41) is 2.74. The predicted molar refractivity (Wildman–Crippen MR) is 103 cm³/mol. The lowest BCUT2D eigenvalue weighted by Gasteiger charge is -2.20. The van der Waals surface area contributed by atoms with Gasteiger partial charge in [0.1, 0.15) is 5.67 Å². The molecule has 0 fully saturated rings. The molecule has 0 aromatic heterocycles. The molecule has 3 aromatic rings. The van der Waals surface area contributed by atoms with Gasteiger partial charge in [-0.15, -0.1) is 0 Å². The van der Waals surface area contributed by atoms with Gasteiger partial charge in [-0.1, -0.05) is 84.9 Å². The Kier molecular flexibility index (Phi) is 5.11. The normalized spacial score (nSPS) is 11.7. The van der Waals surface area contributed by atoms with Gasteiger partial charge < -0.3 is 0 Å². The monoisotopic (exact) mass is 336 g/mol. The molecule has 0 bridgehead atoms. The maximum atomic E-state index is 14.0. The molecular formula is C22H22FP. The van der Waals surface area contributed by atoms with E-state index in [1.165, 1.54) is 16.2 Å². The third kappa shape index (κ3) is 4.10. The first-order chi connectivity index (χ1) is 11.5. The molecule has 0 saturated carbocycles. The first kappa shape index (κ1) is 16.9. The maximum Gasteiger partial charge on any atom is 0.130 e. The first-order valence-electron chi connectivity index (χ1n) is 8.20. The number of alkyl halides is 1. The van der Waals surface area contributed by atoms with E-state index in [1.807, 2.05) is 12.1 Å². The number of hydrogen-bond donors (Lipinski definition) is 0. The zero-order chi connectivity index (χ0) is 17.0. The van der Waals surface area contributed by atoms with Crippen molar-refractivity contribution in [3.63, 3.8) is 0 Å². The lowest BCUT2D eigenvalue weighted by atomic mass is 9.99. The summed E-state index contributed by atoms with van der Waals surface area (Å²) in [5.74, 6) is 0. The Labute approximate surface area is 145 Å². The van der Waals surface area contributed by atoms with Crippen LogP contribution in [0.4, 0.5) is 4.39 Å². The smallest absolute Gasteiger partial charge is 0.130 e. The van der Waals surface area contributed by atoms with Gasteiger partial charge in [-0.05, 0) is 43.5 Å². The highest BCUT2D eigenvalue weighted by Gasteiger charge is 2.19. The minimum Gasteiger partial charge on any atom is -0.239 e. The lowest BCUT2D eigenvalue weighted by molar-refractivity contribution is 0.221. The molecule has 0 unspecified atom stereocenters. The molecule has 2 heteroatoms. The van der Waals surface area contributed by atoms with Crippen molar-refractivity contribution >= 4 is 18.5 Å². The molecule has 0 aliphatic carbocycles. The molecular weight excluding hydrogens is 314 g/mol. The Balaban J connectivity index is 1.90. The van der Waals surface area contributed by atoms with Crippen molar-refractivity contribution in [1.29, 1.82) is 0 Å². The molecule has 3 aromatic carbocycles. The number of rotatable bonds is 5. The van der Waals surface area contributed by atoms with Gasteiger partial charge >= 0.3 is 0 Å². The van der Waals surface area contributed by atoms with E-state index in [2.05, 4.69) is 72.8 Å². The van der Waals surface area contributed by atoms with Crippen molar-refractivity contribution < 1.29 is 4.39 Å². The van der Waals surface area contributed by atoms with Crippen molar-refractivity contribution in [2.75, 3.05) is 0 Å². The number of halogens is 1. The second kappa shape index (κ2) is 7.28. The van der Waals surface area contributed by atoms with Crippen LogP contribution in [0.1, 0.15) is 25.0 Å². The van der Waals surface area contributed by atoms with Crippen LogP contribution in [0.2, 0.25) is 0 Å². The summed E-state index contributed by atoms with van der Waals surface area (Å²) in [5.41, 5.74) is 0.694. The van der Waals surface area contributed by atoms with Crippen LogP contribution in [0.3, 0.4) is 0 Å².